The van der Waals surface area contributed by atoms with Crippen LogP contribution in [-0.4, -0.2) is 28.4 Å². The highest BCUT2D eigenvalue weighted by Crippen LogP contribution is 2.40. The average Bonchev–Trinajstić information content (AvgIpc) is 3.07. The highest BCUT2D eigenvalue weighted by molar-refractivity contribution is 5.94. The fourth-order valence-electron chi connectivity index (χ4n) is 2.67. The molecule has 84 valence electrons. The number of rotatable bonds is 2. The van der Waals surface area contributed by atoms with E-state index >= 15 is 0 Å². The van der Waals surface area contributed by atoms with Crippen molar-refractivity contribution in [3.63, 3.8) is 0 Å². The molecule has 1 saturated carbocycles. The maximum atomic E-state index is 12.3. The summed E-state index contributed by atoms with van der Waals surface area (Å²) in [7, 11) is 0. The summed E-state index contributed by atoms with van der Waals surface area (Å²) in [6.07, 6.45) is 8.34. The van der Waals surface area contributed by atoms with Crippen LogP contribution in [0, 0.1) is 5.92 Å². The van der Waals surface area contributed by atoms with Crippen LogP contribution in [0.2, 0.25) is 0 Å². The summed E-state index contributed by atoms with van der Waals surface area (Å²) in [5, 5.41) is 0. The highest BCUT2D eigenvalue weighted by Gasteiger charge is 2.40. The fraction of sp³-hybridized carbons (Fsp3) is 0.538. The molecule has 16 heavy (non-hydrogen) atoms. The van der Waals surface area contributed by atoms with E-state index in [0.717, 1.165) is 24.4 Å². The number of carbonyl (C=O) groups excluding carboxylic acids is 1. The molecule has 0 aromatic carbocycles. The molecule has 1 aliphatic carbocycles. The van der Waals surface area contributed by atoms with Gasteiger partial charge < -0.3 is 4.90 Å². The molecule has 3 heteroatoms. The summed E-state index contributed by atoms with van der Waals surface area (Å²) in [6, 6.07) is 4.19. The number of pyridine rings is 1. The molecular formula is C13H16N2O. The second kappa shape index (κ2) is 3.89. The lowest BCUT2D eigenvalue weighted by Crippen LogP contribution is -2.36. The molecule has 0 spiro atoms. The molecule has 0 N–H and O–H groups in total. The van der Waals surface area contributed by atoms with Gasteiger partial charge in [-0.25, -0.2) is 0 Å². The van der Waals surface area contributed by atoms with Crippen LogP contribution in [0.5, 0.6) is 0 Å². The van der Waals surface area contributed by atoms with Crippen molar-refractivity contribution < 1.29 is 4.79 Å². The quantitative estimate of drug-likeness (QED) is 0.758. The van der Waals surface area contributed by atoms with Crippen LogP contribution in [0.25, 0.3) is 0 Å². The Bertz CT molecular complexity index is 386. The van der Waals surface area contributed by atoms with Crippen LogP contribution in [-0.2, 0) is 0 Å². The van der Waals surface area contributed by atoms with Gasteiger partial charge in [0.05, 0.1) is 5.56 Å². The van der Waals surface area contributed by atoms with Crippen molar-refractivity contribution in [1.29, 1.82) is 0 Å². The highest BCUT2D eigenvalue weighted by atomic mass is 16.2. The first-order valence-electron chi connectivity index (χ1n) is 6.07. The van der Waals surface area contributed by atoms with Crippen LogP contribution in [0.15, 0.2) is 24.5 Å². The number of hydrogen-bond acceptors (Lipinski definition) is 2. The summed E-state index contributed by atoms with van der Waals surface area (Å²) in [4.78, 5) is 18.4. The van der Waals surface area contributed by atoms with E-state index in [2.05, 4.69) is 9.88 Å². The Labute approximate surface area is 95.5 Å². The molecule has 1 saturated heterocycles. The summed E-state index contributed by atoms with van der Waals surface area (Å²) < 4.78 is 0. The van der Waals surface area contributed by atoms with Gasteiger partial charge in [-0.3, -0.25) is 9.78 Å². The minimum Gasteiger partial charge on any atom is -0.335 e. The monoisotopic (exact) mass is 216 g/mol. The van der Waals surface area contributed by atoms with Crippen molar-refractivity contribution in [1.82, 2.24) is 9.88 Å². The predicted molar refractivity (Wildman–Crippen MR) is 61.0 cm³/mol. The molecule has 1 atom stereocenters. The van der Waals surface area contributed by atoms with Crippen LogP contribution < -0.4 is 0 Å². The minimum atomic E-state index is 0.169. The van der Waals surface area contributed by atoms with E-state index in [9.17, 15) is 4.79 Å². The van der Waals surface area contributed by atoms with Crippen molar-refractivity contribution in [3.8, 4) is 0 Å². The molecular weight excluding hydrogens is 200 g/mol. The number of hydrogen-bond donors (Lipinski definition) is 0. The second-order valence-corrected chi connectivity index (χ2v) is 4.79. The number of nitrogens with zero attached hydrogens (tertiary/aromatic N) is 2. The lowest BCUT2D eigenvalue weighted by Gasteiger charge is -2.24. The molecule has 0 bridgehead atoms. The van der Waals surface area contributed by atoms with Crippen LogP contribution in [0.4, 0.5) is 0 Å². The predicted octanol–water partition coefficient (Wildman–Crippen LogP) is 2.10. The molecule has 1 amide bonds. The number of aromatic nitrogens is 1. The van der Waals surface area contributed by atoms with E-state index < -0.39 is 0 Å². The number of carbonyl (C=O) groups is 1. The Hall–Kier alpha value is -1.38. The number of likely N-dealkylation sites (tertiary alicyclic amines) is 1. The Morgan fingerprint density at radius 3 is 2.94 bits per heavy atom. The van der Waals surface area contributed by atoms with Gasteiger partial charge >= 0.3 is 0 Å². The first kappa shape index (κ1) is 9.82. The van der Waals surface area contributed by atoms with Crippen molar-refractivity contribution >= 4 is 5.91 Å². The molecule has 1 aromatic rings. The Balaban J connectivity index is 1.79. The molecule has 2 heterocycles. The average molecular weight is 216 g/mol. The molecule has 0 radical (unpaired) electrons. The van der Waals surface area contributed by atoms with Crippen molar-refractivity contribution in [2.24, 2.45) is 5.92 Å². The summed E-state index contributed by atoms with van der Waals surface area (Å²) in [5.41, 5.74) is 0.732. The fourth-order valence-corrected chi connectivity index (χ4v) is 2.67. The van der Waals surface area contributed by atoms with Crippen LogP contribution in [0.1, 0.15) is 36.0 Å². The van der Waals surface area contributed by atoms with E-state index in [1.807, 2.05) is 12.1 Å². The van der Waals surface area contributed by atoms with Gasteiger partial charge in [0, 0.05) is 25.0 Å². The summed E-state index contributed by atoms with van der Waals surface area (Å²) >= 11 is 0. The van der Waals surface area contributed by atoms with Crippen LogP contribution >= 0.6 is 0 Å². The van der Waals surface area contributed by atoms with Gasteiger partial charge in [-0.15, -0.1) is 0 Å². The Morgan fingerprint density at radius 1 is 1.38 bits per heavy atom. The molecule has 2 fully saturated rings. The Morgan fingerprint density at radius 2 is 2.25 bits per heavy atom. The lowest BCUT2D eigenvalue weighted by molar-refractivity contribution is 0.0720. The molecule has 2 aliphatic rings. The third-order valence-corrected chi connectivity index (χ3v) is 3.63. The zero-order valence-electron chi connectivity index (χ0n) is 9.30. The first-order chi connectivity index (χ1) is 7.86. The maximum absolute atomic E-state index is 12.3. The van der Waals surface area contributed by atoms with Crippen molar-refractivity contribution in [2.45, 2.75) is 31.7 Å². The third kappa shape index (κ3) is 1.70. The topological polar surface area (TPSA) is 33.2 Å². The van der Waals surface area contributed by atoms with Crippen molar-refractivity contribution in [3.05, 3.63) is 30.1 Å². The lowest BCUT2D eigenvalue weighted by atomic mass is 10.1. The first-order valence-corrected chi connectivity index (χ1v) is 6.07. The van der Waals surface area contributed by atoms with Gasteiger partial charge in [-0.1, -0.05) is 0 Å². The molecule has 3 rings (SSSR count). The number of amides is 1. The van der Waals surface area contributed by atoms with E-state index in [4.69, 9.17) is 0 Å². The van der Waals surface area contributed by atoms with Gasteiger partial charge in [0.15, 0.2) is 0 Å². The standard InChI is InChI=1S/C13H16N2O/c16-13(11-3-1-7-14-9-11)15-8-2-4-12(15)10-5-6-10/h1,3,7,9-10,12H,2,4-6,8H2. The van der Waals surface area contributed by atoms with Gasteiger partial charge in [-0.05, 0) is 43.7 Å². The van der Waals surface area contributed by atoms with E-state index in [1.165, 1.54) is 19.3 Å². The summed E-state index contributed by atoms with van der Waals surface area (Å²) in [6.45, 7) is 0.925. The van der Waals surface area contributed by atoms with E-state index in [-0.39, 0.29) is 5.91 Å². The zero-order chi connectivity index (χ0) is 11.0. The van der Waals surface area contributed by atoms with E-state index in [0.29, 0.717) is 6.04 Å². The van der Waals surface area contributed by atoms with Crippen molar-refractivity contribution in [2.75, 3.05) is 6.54 Å². The zero-order valence-corrected chi connectivity index (χ0v) is 9.30. The Kier molecular flexibility index (Phi) is 2.39. The van der Waals surface area contributed by atoms with Gasteiger partial charge in [0.25, 0.3) is 5.91 Å². The van der Waals surface area contributed by atoms with E-state index in [1.54, 1.807) is 12.4 Å². The SMILES string of the molecule is O=C(c1cccnc1)N1CCCC1C1CC1. The molecule has 3 nitrogen and oxygen atoms in total. The molecule has 1 unspecified atom stereocenters. The van der Waals surface area contributed by atoms with Gasteiger partial charge in [0.2, 0.25) is 0 Å². The van der Waals surface area contributed by atoms with Crippen LogP contribution in [0.3, 0.4) is 0 Å². The van der Waals surface area contributed by atoms with Gasteiger partial charge in [-0.2, -0.15) is 0 Å². The molecule has 1 aliphatic heterocycles. The third-order valence-electron chi connectivity index (χ3n) is 3.63. The largest absolute Gasteiger partial charge is 0.335 e. The smallest absolute Gasteiger partial charge is 0.255 e. The maximum Gasteiger partial charge on any atom is 0.255 e. The summed E-state index contributed by atoms with van der Waals surface area (Å²) in [5.74, 6) is 0.950. The second-order valence-electron chi connectivity index (χ2n) is 4.79. The normalized spacial score (nSPS) is 24.8. The van der Waals surface area contributed by atoms with Gasteiger partial charge in [0.1, 0.15) is 0 Å². The molecule has 1 aromatic heterocycles. The minimum absolute atomic E-state index is 0.169.